The van der Waals surface area contributed by atoms with Gasteiger partial charge in [0, 0.05) is 22.1 Å². The van der Waals surface area contributed by atoms with E-state index in [0.29, 0.717) is 5.65 Å². The van der Waals surface area contributed by atoms with Crippen molar-refractivity contribution >= 4 is 27.0 Å². The summed E-state index contributed by atoms with van der Waals surface area (Å²) in [6.07, 6.45) is 1.72. The number of rotatable bonds is 0. The van der Waals surface area contributed by atoms with Crippen LogP contribution in [0.5, 0.6) is 0 Å². The zero-order valence-corrected chi connectivity index (χ0v) is 7.02. The van der Waals surface area contributed by atoms with Crippen LogP contribution in [0.1, 0.15) is 0 Å². The zero-order chi connectivity index (χ0) is 7.84. The quantitative estimate of drug-likeness (QED) is 0.671. The van der Waals surface area contributed by atoms with Crippen molar-refractivity contribution in [3.63, 3.8) is 0 Å². The molecule has 0 saturated heterocycles. The minimum absolute atomic E-state index is 0.480. The molecule has 0 radical (unpaired) electrons. The molecule has 0 atom stereocenters. The molecular weight excluding hydrogens is 211 g/mol. The van der Waals surface area contributed by atoms with Gasteiger partial charge in [-0.05, 0) is 22.0 Å². The Morgan fingerprint density at radius 2 is 2.36 bits per heavy atom. The molecule has 0 saturated carbocycles. The van der Waals surface area contributed by atoms with Gasteiger partial charge in [0.05, 0.1) is 0 Å². The number of fused-ring (bicyclic) bond motifs is 1. The summed E-state index contributed by atoms with van der Waals surface area (Å²) in [6, 6.07) is 3.18. The molecule has 1 N–H and O–H groups in total. The molecule has 0 amide bonds. The predicted octanol–water partition coefficient (Wildman–Crippen LogP) is 2.46. The molecule has 0 aliphatic rings. The molecule has 4 heteroatoms. The van der Waals surface area contributed by atoms with Crippen LogP contribution in [0.3, 0.4) is 0 Å². The van der Waals surface area contributed by atoms with E-state index in [1.807, 2.05) is 6.07 Å². The van der Waals surface area contributed by atoms with E-state index in [4.69, 9.17) is 0 Å². The number of H-pyrrole nitrogens is 1. The zero-order valence-electron chi connectivity index (χ0n) is 5.44. The molecule has 2 aromatic heterocycles. The van der Waals surface area contributed by atoms with Gasteiger partial charge in [-0.1, -0.05) is 0 Å². The van der Waals surface area contributed by atoms with Crippen LogP contribution in [0.4, 0.5) is 4.39 Å². The van der Waals surface area contributed by atoms with E-state index in [1.54, 1.807) is 6.20 Å². The lowest BCUT2D eigenvalue weighted by Gasteiger charge is -1.92. The van der Waals surface area contributed by atoms with Crippen LogP contribution in [0.15, 0.2) is 22.8 Å². The van der Waals surface area contributed by atoms with Crippen molar-refractivity contribution in [1.82, 2.24) is 9.97 Å². The maximum atomic E-state index is 12.6. The molecule has 0 spiro atoms. The van der Waals surface area contributed by atoms with Crippen molar-refractivity contribution in [3.05, 3.63) is 28.7 Å². The Bertz CT molecular complexity index is 396. The highest BCUT2D eigenvalue weighted by atomic mass is 79.9. The third kappa shape index (κ3) is 1.03. The summed E-state index contributed by atoms with van der Waals surface area (Å²) in [7, 11) is 0. The van der Waals surface area contributed by atoms with Crippen molar-refractivity contribution in [2.24, 2.45) is 0 Å². The Morgan fingerprint density at radius 3 is 3.18 bits per heavy atom. The monoisotopic (exact) mass is 214 g/mol. The molecule has 2 heterocycles. The normalized spacial score (nSPS) is 10.7. The second kappa shape index (κ2) is 2.30. The van der Waals surface area contributed by atoms with E-state index < -0.39 is 5.95 Å². The number of nitrogens with one attached hydrogen (secondary N) is 1. The van der Waals surface area contributed by atoms with Crippen molar-refractivity contribution in [3.8, 4) is 0 Å². The second-order valence-electron chi connectivity index (χ2n) is 2.17. The first-order valence-electron chi connectivity index (χ1n) is 3.06. The second-order valence-corrected chi connectivity index (χ2v) is 3.02. The van der Waals surface area contributed by atoms with E-state index in [0.717, 1.165) is 9.86 Å². The largest absolute Gasteiger partial charge is 0.346 e. The van der Waals surface area contributed by atoms with Gasteiger partial charge in [0.2, 0.25) is 5.95 Å². The van der Waals surface area contributed by atoms with Gasteiger partial charge in [-0.2, -0.15) is 4.39 Å². The van der Waals surface area contributed by atoms with Crippen LogP contribution >= 0.6 is 15.9 Å². The first-order chi connectivity index (χ1) is 5.27. The number of hydrogen-bond acceptors (Lipinski definition) is 1. The maximum absolute atomic E-state index is 12.6. The molecular formula is C7H4BrFN2. The van der Waals surface area contributed by atoms with E-state index >= 15 is 0 Å². The van der Waals surface area contributed by atoms with Crippen molar-refractivity contribution < 1.29 is 4.39 Å². The molecule has 2 rings (SSSR count). The fraction of sp³-hybridized carbons (Fsp3) is 0. The minimum atomic E-state index is -0.480. The first-order valence-corrected chi connectivity index (χ1v) is 3.86. The van der Waals surface area contributed by atoms with Crippen LogP contribution in [0, 0.1) is 5.95 Å². The summed E-state index contributed by atoms with van der Waals surface area (Å²) in [5, 5.41) is 0.895. The van der Waals surface area contributed by atoms with Crippen LogP contribution in [0.25, 0.3) is 11.0 Å². The lowest BCUT2D eigenvalue weighted by Crippen LogP contribution is -1.83. The fourth-order valence-corrected chi connectivity index (χ4v) is 1.48. The maximum Gasteiger partial charge on any atom is 0.215 e. The molecule has 0 aliphatic heterocycles. The summed E-state index contributed by atoms with van der Waals surface area (Å²) in [4.78, 5) is 6.46. The Balaban J connectivity index is 2.91. The van der Waals surface area contributed by atoms with Crippen LogP contribution < -0.4 is 0 Å². The summed E-state index contributed by atoms with van der Waals surface area (Å²) >= 11 is 3.23. The molecule has 0 fully saturated rings. The van der Waals surface area contributed by atoms with Crippen molar-refractivity contribution in [2.45, 2.75) is 0 Å². The van der Waals surface area contributed by atoms with E-state index in [2.05, 4.69) is 25.9 Å². The minimum Gasteiger partial charge on any atom is -0.346 e. The summed E-state index contributed by atoms with van der Waals surface area (Å²) in [5.74, 6) is -0.480. The molecule has 0 unspecified atom stereocenters. The lowest BCUT2D eigenvalue weighted by atomic mass is 10.3. The number of halogens is 2. The highest BCUT2D eigenvalue weighted by Crippen LogP contribution is 2.21. The topological polar surface area (TPSA) is 28.7 Å². The van der Waals surface area contributed by atoms with Crippen LogP contribution in [0.2, 0.25) is 0 Å². The average molecular weight is 215 g/mol. The molecule has 0 bridgehead atoms. The van der Waals surface area contributed by atoms with E-state index in [9.17, 15) is 4.39 Å². The fourth-order valence-electron chi connectivity index (χ4n) is 0.967. The summed E-state index contributed by atoms with van der Waals surface area (Å²) < 4.78 is 13.3. The van der Waals surface area contributed by atoms with Gasteiger partial charge in [0.1, 0.15) is 5.65 Å². The molecule has 56 valence electrons. The summed E-state index contributed by atoms with van der Waals surface area (Å²) in [5.41, 5.74) is 0.567. The molecule has 11 heavy (non-hydrogen) atoms. The van der Waals surface area contributed by atoms with Crippen molar-refractivity contribution in [2.75, 3.05) is 0 Å². The summed E-state index contributed by atoms with van der Waals surface area (Å²) in [6.45, 7) is 0. The van der Waals surface area contributed by atoms with Gasteiger partial charge in [0.25, 0.3) is 0 Å². The van der Waals surface area contributed by atoms with Gasteiger partial charge < -0.3 is 4.98 Å². The van der Waals surface area contributed by atoms with E-state index in [-0.39, 0.29) is 0 Å². The molecule has 2 nitrogen and oxygen atoms in total. The molecule has 2 aromatic rings. The number of hydrogen-bond donors (Lipinski definition) is 1. The third-order valence-electron chi connectivity index (χ3n) is 1.45. The lowest BCUT2D eigenvalue weighted by molar-refractivity contribution is 0.587. The van der Waals surface area contributed by atoms with Gasteiger partial charge in [-0.15, -0.1) is 0 Å². The number of pyridine rings is 1. The third-order valence-corrected chi connectivity index (χ3v) is 2.10. The number of aromatic amines is 1. The molecule has 0 aliphatic carbocycles. The van der Waals surface area contributed by atoms with Gasteiger partial charge in [0.15, 0.2) is 0 Å². The smallest absolute Gasteiger partial charge is 0.215 e. The average Bonchev–Trinajstić information content (AvgIpc) is 2.34. The number of nitrogens with zero attached hydrogens (tertiary/aromatic N) is 1. The van der Waals surface area contributed by atoms with Gasteiger partial charge >= 0.3 is 0 Å². The van der Waals surface area contributed by atoms with Gasteiger partial charge in [-0.25, -0.2) is 4.98 Å². The van der Waals surface area contributed by atoms with Gasteiger partial charge in [-0.3, -0.25) is 0 Å². The van der Waals surface area contributed by atoms with Crippen molar-refractivity contribution in [1.29, 1.82) is 0 Å². The number of aromatic nitrogens is 2. The highest BCUT2D eigenvalue weighted by molar-refractivity contribution is 9.10. The Morgan fingerprint density at radius 1 is 1.55 bits per heavy atom. The molecule has 0 aromatic carbocycles. The Labute approximate surface area is 70.6 Å². The standard InChI is InChI=1S/C7H4BrFN2/c8-5-3-6(9)11-7-4(5)1-2-10-7/h1-3H,(H,10,11). The highest BCUT2D eigenvalue weighted by Gasteiger charge is 2.02. The Kier molecular flexibility index (Phi) is 1.42. The SMILES string of the molecule is Fc1cc(Br)c2cc[nH]c2n1. The van der Waals surface area contributed by atoms with E-state index in [1.165, 1.54) is 6.07 Å². The first kappa shape index (κ1) is 6.79. The predicted molar refractivity (Wildman–Crippen MR) is 43.8 cm³/mol. The van der Waals surface area contributed by atoms with Crippen LogP contribution in [-0.4, -0.2) is 9.97 Å². The Hall–Kier alpha value is -0.900. The van der Waals surface area contributed by atoms with Crippen LogP contribution in [-0.2, 0) is 0 Å².